The van der Waals surface area contributed by atoms with E-state index in [9.17, 15) is 0 Å². The van der Waals surface area contributed by atoms with Crippen LogP contribution in [0.4, 0.5) is 22.7 Å². The van der Waals surface area contributed by atoms with Crippen LogP contribution >= 0.6 is 0 Å². The van der Waals surface area contributed by atoms with Gasteiger partial charge >= 0.3 is 21.4 Å². The molecule has 0 unspecified atom stereocenters. The van der Waals surface area contributed by atoms with E-state index < -0.39 is 21.4 Å². The van der Waals surface area contributed by atoms with Crippen molar-refractivity contribution in [3.8, 4) is 16.9 Å². The van der Waals surface area contributed by atoms with Crippen molar-refractivity contribution in [1.82, 2.24) is 9.55 Å². The fraction of sp³-hybridized carbons (Fsp3) is 0.300. The van der Waals surface area contributed by atoms with Crippen molar-refractivity contribution in [1.29, 1.82) is 0 Å². The molecule has 0 atom stereocenters. The van der Waals surface area contributed by atoms with Crippen LogP contribution in [0, 0.1) is 18.8 Å². The number of fused-ring (bicyclic) bond motifs is 4. The number of pyridine rings is 1. The molecule has 1 saturated heterocycles. The monoisotopic (exact) mass is 1130 g/mol. The Bertz CT molecular complexity index is 3220. The van der Waals surface area contributed by atoms with Crippen LogP contribution in [-0.4, -0.2) is 30.9 Å². The van der Waals surface area contributed by atoms with Crippen molar-refractivity contribution in [2.24, 2.45) is 0 Å². The predicted molar refractivity (Wildman–Crippen MR) is 295 cm³/mol. The van der Waals surface area contributed by atoms with Gasteiger partial charge < -0.3 is 32.8 Å². The van der Waals surface area contributed by atoms with Gasteiger partial charge in [0.05, 0.1) is 0 Å². The van der Waals surface area contributed by atoms with E-state index >= 15 is 0 Å². The van der Waals surface area contributed by atoms with Crippen molar-refractivity contribution in [3.63, 3.8) is 0 Å². The van der Waals surface area contributed by atoms with Gasteiger partial charge in [-0.05, 0) is 79.4 Å². The zero-order valence-electron chi connectivity index (χ0n) is 43.7. The van der Waals surface area contributed by atoms with Crippen LogP contribution in [0.25, 0.3) is 38.8 Å². The Kier molecular flexibility index (Phi) is 14.2. The molecular weight excluding hydrogens is 1070 g/mol. The van der Waals surface area contributed by atoms with Crippen molar-refractivity contribution in [3.05, 3.63) is 181 Å². The van der Waals surface area contributed by atoms with E-state index in [2.05, 4.69) is 250 Å². The molecule has 2 aliphatic heterocycles. The van der Waals surface area contributed by atoms with E-state index in [0.29, 0.717) is 13.2 Å². The largest absolute Gasteiger partial charge is 0.493 e. The first-order valence-electron chi connectivity index (χ1n) is 25.0. The summed E-state index contributed by atoms with van der Waals surface area (Å²) in [5.74, 6) is 0.871. The molecule has 0 bridgehead atoms. The van der Waals surface area contributed by atoms with E-state index in [1.165, 1.54) is 22.3 Å². The Morgan fingerprint density at radius 1 is 0.583 bits per heavy atom. The summed E-state index contributed by atoms with van der Waals surface area (Å²) in [5.41, 5.74) is 13.5. The van der Waals surface area contributed by atoms with Crippen LogP contribution in [0.1, 0.15) is 105 Å². The van der Waals surface area contributed by atoms with Crippen molar-refractivity contribution in [2.75, 3.05) is 9.80 Å². The van der Waals surface area contributed by atoms with Gasteiger partial charge in [0.25, 0.3) is 0 Å². The minimum absolute atomic E-state index is 0. The maximum atomic E-state index is 6.79. The van der Waals surface area contributed by atoms with Gasteiger partial charge in [-0.25, -0.2) is 4.98 Å². The van der Waals surface area contributed by atoms with Gasteiger partial charge in [0.1, 0.15) is 5.82 Å². The molecule has 0 radical (unpaired) electrons. The van der Waals surface area contributed by atoms with Crippen LogP contribution in [0.2, 0.25) is 10.6 Å². The predicted octanol–water partition coefficient (Wildman–Crippen LogP) is 14.5. The van der Waals surface area contributed by atoms with Crippen LogP contribution in [-0.2, 0) is 63.6 Å². The number of para-hydroxylation sites is 3. The third kappa shape index (κ3) is 10.3. The normalized spacial score (nSPS) is 14.6. The molecule has 0 N–H and O–H groups in total. The molecule has 72 heavy (non-hydrogen) atoms. The Hall–Kier alpha value is -5.41. The second-order valence-corrected chi connectivity index (χ2v) is 23.4. The van der Waals surface area contributed by atoms with Gasteiger partial charge in [-0.1, -0.05) is 161 Å². The van der Waals surface area contributed by atoms with E-state index in [0.717, 1.165) is 67.0 Å². The number of hydrogen-bond acceptors (Lipinski definition) is 7. The third-order valence-corrected chi connectivity index (χ3v) is 13.5. The Balaban J connectivity index is 0.00000640. The third-order valence-electron chi connectivity index (χ3n) is 13.5. The number of nitrogens with zero attached hydrogens (tertiary/aromatic N) is 4. The molecule has 0 aliphatic carbocycles. The molecular formula is C60H64B3N4O4Pt-3. The second kappa shape index (κ2) is 19.8. The quantitative estimate of drug-likeness (QED) is 0.105. The van der Waals surface area contributed by atoms with E-state index in [-0.39, 0.29) is 42.5 Å². The van der Waals surface area contributed by atoms with E-state index in [1.807, 2.05) is 6.20 Å². The van der Waals surface area contributed by atoms with E-state index in [1.54, 1.807) is 0 Å². The molecule has 8 aromatic rings. The molecule has 10 rings (SSSR count). The number of aromatic nitrogens is 2. The molecule has 0 saturated carbocycles. The Labute approximate surface area is 443 Å². The second-order valence-electron chi connectivity index (χ2n) is 23.4. The van der Waals surface area contributed by atoms with E-state index in [4.69, 9.17) is 23.4 Å². The Morgan fingerprint density at radius 3 is 1.90 bits per heavy atom. The zero-order valence-corrected chi connectivity index (χ0v) is 46.0. The minimum Gasteiger partial charge on any atom is -0.493 e. The molecule has 4 heterocycles. The van der Waals surface area contributed by atoms with Crippen molar-refractivity contribution < 1.29 is 39.5 Å². The van der Waals surface area contributed by atoms with Crippen molar-refractivity contribution >= 4 is 71.4 Å². The number of benzene rings is 6. The SMILES string of the molecule is CC(C)(C)B1OB(c2cccc(C(C)(C)C)c2N2[CH-]N(c3[c-]c(COCc4[c-]c5c(cc4)c4cc(-c6ccccc6)ccc4n5-c4cc(C(C)(C)C)ccn4)ccc3)c3ccccc32)OB(C(C)(C)C)O1.[Pt]. The first-order valence-corrected chi connectivity index (χ1v) is 25.0. The first kappa shape index (κ1) is 51.5. The average molecular weight is 1130 g/mol. The van der Waals surface area contributed by atoms with Gasteiger partial charge in [0.15, 0.2) is 0 Å². The summed E-state index contributed by atoms with van der Waals surface area (Å²) in [5, 5.41) is 1.72. The van der Waals surface area contributed by atoms with Crippen LogP contribution < -0.4 is 15.3 Å². The number of anilines is 4. The molecule has 0 spiro atoms. The molecule has 12 heteroatoms. The van der Waals surface area contributed by atoms with Crippen LogP contribution in [0.15, 0.2) is 140 Å². The molecule has 1 fully saturated rings. The average Bonchev–Trinajstić information content (AvgIpc) is 3.88. The summed E-state index contributed by atoms with van der Waals surface area (Å²) in [6.07, 6.45) is 1.92. The first-order chi connectivity index (χ1) is 33.7. The van der Waals surface area contributed by atoms with Gasteiger partial charge in [0, 0.05) is 68.5 Å². The minimum atomic E-state index is -0.665. The van der Waals surface area contributed by atoms with Gasteiger partial charge in [-0.3, -0.25) is 0 Å². The molecule has 2 aliphatic rings. The van der Waals surface area contributed by atoms with Crippen molar-refractivity contribution in [2.45, 2.75) is 118 Å². The molecule has 6 aromatic carbocycles. The van der Waals surface area contributed by atoms with Crippen LogP contribution in [0.3, 0.4) is 0 Å². The number of hydrogen-bond donors (Lipinski definition) is 0. The summed E-state index contributed by atoms with van der Waals surface area (Å²) >= 11 is 0. The van der Waals surface area contributed by atoms with Gasteiger partial charge in [-0.15, -0.1) is 28.9 Å². The van der Waals surface area contributed by atoms with Gasteiger partial charge in [0.2, 0.25) is 0 Å². The molecule has 8 nitrogen and oxygen atoms in total. The summed E-state index contributed by atoms with van der Waals surface area (Å²) in [6, 6.07) is 54.7. The summed E-state index contributed by atoms with van der Waals surface area (Å²) in [4.78, 5) is 9.44. The summed E-state index contributed by atoms with van der Waals surface area (Å²) < 4.78 is 28.9. The zero-order chi connectivity index (χ0) is 50.0. The molecule has 370 valence electrons. The smallest absolute Gasteiger partial charge is 0.468 e. The summed E-state index contributed by atoms with van der Waals surface area (Å²) in [7, 11) is -1.62. The molecule has 0 amide bonds. The van der Waals surface area contributed by atoms with Gasteiger partial charge in [-0.2, -0.15) is 42.5 Å². The summed E-state index contributed by atoms with van der Waals surface area (Å²) in [6.45, 7) is 29.3. The number of ether oxygens (including phenoxy) is 1. The fourth-order valence-corrected chi connectivity index (χ4v) is 9.63. The Morgan fingerprint density at radius 2 is 1.24 bits per heavy atom. The molecule has 2 aromatic heterocycles. The number of rotatable bonds is 9. The maximum absolute atomic E-state index is 6.79. The maximum Gasteiger partial charge on any atom is 0.468 e. The van der Waals surface area contributed by atoms with Crippen LogP contribution in [0.5, 0.6) is 0 Å². The topological polar surface area (TPSA) is 61.2 Å². The standard InChI is InChI=1S/C60H64B3N4O4.Pt/c1-57(2,3)45-32-33-64-55(37-45)67-51-31-29-44(43-21-14-13-15-22-43)36-48(51)47-30-28-42(35-54(47)67)39-68-38-41-20-18-23-46(34-41)65-40-66(53-27-17-16-26-52(53)65)56-49(58(4,5)6)24-19-25-50(56)61-69-62(59(7,8)9)71-63(70-61)60(10,11)12;/h13-33,36-37,40H,38-39H2,1-12H3;/q-3;. The fourth-order valence-electron chi connectivity index (χ4n) is 9.63.